The third-order valence-electron chi connectivity index (χ3n) is 2.60. The van der Waals surface area contributed by atoms with Gasteiger partial charge in [-0.25, -0.2) is 18.1 Å². The number of nitro benzene ring substituents is 1. The number of thiazole rings is 1. The van der Waals surface area contributed by atoms with Crippen LogP contribution in [0.3, 0.4) is 0 Å². The van der Waals surface area contributed by atoms with Crippen LogP contribution < -0.4 is 10.5 Å². The van der Waals surface area contributed by atoms with Crippen molar-refractivity contribution in [1.29, 1.82) is 0 Å². The lowest BCUT2D eigenvalue weighted by Crippen LogP contribution is -2.23. The van der Waals surface area contributed by atoms with Crippen molar-refractivity contribution in [2.75, 3.05) is 5.73 Å². The van der Waals surface area contributed by atoms with Crippen molar-refractivity contribution in [1.82, 2.24) is 9.71 Å². The number of aromatic nitrogens is 1. The van der Waals surface area contributed by atoms with Crippen molar-refractivity contribution in [3.05, 3.63) is 44.4 Å². The molecule has 0 fully saturated rings. The lowest BCUT2D eigenvalue weighted by Gasteiger charge is -2.08. The second-order valence-electron chi connectivity index (χ2n) is 4.15. The average Bonchev–Trinajstić information content (AvgIpc) is 2.82. The molecule has 2 aromatic rings. The number of anilines is 1. The van der Waals surface area contributed by atoms with Gasteiger partial charge in [-0.15, -0.1) is 11.3 Å². The fourth-order valence-electron chi connectivity index (χ4n) is 1.60. The standard InChI is InChI=1S/C11H12N4O4S2/c1-7-13-5-9(20-7)6-14-21(18,19)11-4-8(15(16)17)2-3-10(11)12/h2-5,14H,6,12H2,1H3. The largest absolute Gasteiger partial charge is 0.398 e. The normalized spacial score (nSPS) is 11.5. The highest BCUT2D eigenvalue weighted by Gasteiger charge is 2.21. The number of rotatable bonds is 5. The topological polar surface area (TPSA) is 128 Å². The van der Waals surface area contributed by atoms with Crippen molar-refractivity contribution < 1.29 is 13.3 Å². The first-order chi connectivity index (χ1) is 9.79. The van der Waals surface area contributed by atoms with Crippen molar-refractivity contribution in [2.45, 2.75) is 18.4 Å². The van der Waals surface area contributed by atoms with Crippen LogP contribution in [0.2, 0.25) is 0 Å². The second-order valence-corrected chi connectivity index (χ2v) is 7.20. The Morgan fingerprint density at radius 3 is 2.76 bits per heavy atom. The zero-order chi connectivity index (χ0) is 15.6. The molecule has 0 amide bonds. The van der Waals surface area contributed by atoms with Crippen molar-refractivity contribution in [3.8, 4) is 0 Å². The summed E-state index contributed by atoms with van der Waals surface area (Å²) in [5.41, 5.74) is 5.21. The summed E-state index contributed by atoms with van der Waals surface area (Å²) in [6.45, 7) is 1.86. The molecule has 112 valence electrons. The molecule has 1 aromatic heterocycles. The van der Waals surface area contributed by atoms with E-state index >= 15 is 0 Å². The Labute approximate surface area is 124 Å². The van der Waals surface area contributed by atoms with Gasteiger partial charge in [-0.1, -0.05) is 0 Å². The third-order valence-corrected chi connectivity index (χ3v) is 4.97. The fraction of sp³-hybridized carbons (Fsp3) is 0.182. The molecule has 21 heavy (non-hydrogen) atoms. The number of hydrogen-bond acceptors (Lipinski definition) is 7. The molecule has 2 rings (SSSR count). The summed E-state index contributed by atoms with van der Waals surface area (Å²) in [6, 6.07) is 3.29. The molecule has 0 aliphatic rings. The van der Waals surface area contributed by atoms with Gasteiger partial charge in [-0.05, 0) is 13.0 Å². The van der Waals surface area contributed by atoms with E-state index in [-0.39, 0.29) is 22.8 Å². The van der Waals surface area contributed by atoms with Crippen molar-refractivity contribution in [3.63, 3.8) is 0 Å². The molecule has 0 unspecified atom stereocenters. The number of nitro groups is 1. The van der Waals surface area contributed by atoms with E-state index < -0.39 is 14.9 Å². The number of nitrogen functional groups attached to an aromatic ring is 1. The van der Waals surface area contributed by atoms with Crippen LogP contribution in [-0.2, 0) is 16.6 Å². The van der Waals surface area contributed by atoms with Crippen LogP contribution in [0.5, 0.6) is 0 Å². The van der Waals surface area contributed by atoms with E-state index in [0.717, 1.165) is 22.0 Å². The lowest BCUT2D eigenvalue weighted by molar-refractivity contribution is -0.385. The molecule has 0 aliphatic carbocycles. The van der Waals surface area contributed by atoms with Crippen LogP contribution in [0, 0.1) is 17.0 Å². The van der Waals surface area contributed by atoms with Gasteiger partial charge in [-0.2, -0.15) is 0 Å². The summed E-state index contributed by atoms with van der Waals surface area (Å²) in [7, 11) is -3.94. The SMILES string of the molecule is Cc1ncc(CNS(=O)(=O)c2cc([N+](=O)[O-])ccc2N)s1. The first-order valence-electron chi connectivity index (χ1n) is 5.74. The highest BCUT2D eigenvalue weighted by molar-refractivity contribution is 7.89. The number of non-ortho nitro benzene ring substituents is 1. The highest BCUT2D eigenvalue weighted by atomic mass is 32.2. The molecule has 0 aliphatic heterocycles. The number of nitrogens with zero attached hydrogens (tertiary/aromatic N) is 2. The Kier molecular flexibility index (Phi) is 4.21. The minimum absolute atomic E-state index is 0.0476. The summed E-state index contributed by atoms with van der Waals surface area (Å²) in [5, 5.41) is 11.5. The smallest absolute Gasteiger partial charge is 0.270 e. The van der Waals surface area contributed by atoms with Crippen LogP contribution in [0.4, 0.5) is 11.4 Å². The van der Waals surface area contributed by atoms with Crippen LogP contribution in [0.15, 0.2) is 29.3 Å². The molecule has 0 saturated heterocycles. The molecule has 0 spiro atoms. The average molecular weight is 328 g/mol. The lowest BCUT2D eigenvalue weighted by atomic mass is 10.3. The van der Waals surface area contributed by atoms with Gasteiger partial charge in [0, 0.05) is 29.8 Å². The Balaban J connectivity index is 2.26. The predicted octanol–water partition coefficient (Wildman–Crippen LogP) is 1.42. The number of nitrogens with two attached hydrogens (primary N) is 1. The van der Waals surface area contributed by atoms with Gasteiger partial charge < -0.3 is 5.73 Å². The van der Waals surface area contributed by atoms with Crippen LogP contribution >= 0.6 is 11.3 Å². The van der Waals surface area contributed by atoms with Gasteiger partial charge in [0.2, 0.25) is 10.0 Å². The number of benzene rings is 1. The summed E-state index contributed by atoms with van der Waals surface area (Å²) in [5.74, 6) is 0. The van der Waals surface area contributed by atoms with Crippen molar-refractivity contribution >= 4 is 32.7 Å². The van der Waals surface area contributed by atoms with E-state index in [9.17, 15) is 18.5 Å². The molecule has 3 N–H and O–H groups in total. The predicted molar refractivity (Wildman–Crippen MR) is 78.4 cm³/mol. The molecule has 1 aromatic carbocycles. The molecule has 0 saturated carbocycles. The summed E-state index contributed by atoms with van der Waals surface area (Å²) < 4.78 is 26.7. The maximum Gasteiger partial charge on any atom is 0.270 e. The maximum absolute atomic E-state index is 12.2. The third kappa shape index (κ3) is 3.54. The van der Waals surface area contributed by atoms with E-state index in [4.69, 9.17) is 5.73 Å². The Bertz CT molecular complexity index is 785. The van der Waals surface area contributed by atoms with Crippen LogP contribution in [-0.4, -0.2) is 18.3 Å². The molecule has 0 bridgehead atoms. The van der Waals surface area contributed by atoms with E-state index in [2.05, 4.69) is 9.71 Å². The van der Waals surface area contributed by atoms with Crippen LogP contribution in [0.25, 0.3) is 0 Å². The first kappa shape index (κ1) is 15.4. The molecular formula is C11H12N4O4S2. The van der Waals surface area contributed by atoms with Gasteiger partial charge in [0.1, 0.15) is 4.90 Å². The second kappa shape index (κ2) is 5.76. The van der Waals surface area contributed by atoms with E-state index in [1.165, 1.54) is 17.4 Å². The van der Waals surface area contributed by atoms with E-state index in [0.29, 0.717) is 0 Å². The zero-order valence-corrected chi connectivity index (χ0v) is 12.6. The highest BCUT2D eigenvalue weighted by Crippen LogP contribution is 2.24. The van der Waals surface area contributed by atoms with Crippen LogP contribution in [0.1, 0.15) is 9.88 Å². The minimum Gasteiger partial charge on any atom is -0.398 e. The van der Waals surface area contributed by atoms with Gasteiger partial charge in [-0.3, -0.25) is 10.1 Å². The first-order valence-corrected chi connectivity index (χ1v) is 8.04. The van der Waals surface area contributed by atoms with Gasteiger partial charge in [0.15, 0.2) is 0 Å². The Hall–Kier alpha value is -2.04. The fourth-order valence-corrected chi connectivity index (χ4v) is 3.58. The Morgan fingerprint density at radius 1 is 1.48 bits per heavy atom. The molecular weight excluding hydrogens is 316 g/mol. The summed E-state index contributed by atoms with van der Waals surface area (Å²) >= 11 is 1.36. The molecule has 0 radical (unpaired) electrons. The number of aryl methyl sites for hydroxylation is 1. The van der Waals surface area contributed by atoms with Gasteiger partial charge >= 0.3 is 0 Å². The Morgan fingerprint density at radius 2 is 2.19 bits per heavy atom. The zero-order valence-electron chi connectivity index (χ0n) is 10.9. The van der Waals surface area contributed by atoms with E-state index in [1.807, 2.05) is 0 Å². The monoisotopic (exact) mass is 328 g/mol. The van der Waals surface area contributed by atoms with Crippen molar-refractivity contribution in [2.24, 2.45) is 0 Å². The number of sulfonamides is 1. The number of nitrogens with one attached hydrogen (secondary N) is 1. The maximum atomic E-state index is 12.2. The number of hydrogen-bond donors (Lipinski definition) is 2. The molecule has 8 nitrogen and oxygen atoms in total. The summed E-state index contributed by atoms with van der Waals surface area (Å²) in [6.07, 6.45) is 1.57. The van der Waals surface area contributed by atoms with Gasteiger partial charge in [0.25, 0.3) is 5.69 Å². The van der Waals surface area contributed by atoms with E-state index in [1.54, 1.807) is 13.1 Å². The quantitative estimate of drug-likeness (QED) is 0.485. The van der Waals surface area contributed by atoms with Gasteiger partial charge in [0.05, 0.1) is 15.6 Å². The summed E-state index contributed by atoms with van der Waals surface area (Å²) in [4.78, 5) is 14.5. The molecule has 1 heterocycles. The minimum atomic E-state index is -3.94. The molecule has 0 atom stereocenters. The molecule has 10 heteroatoms.